The van der Waals surface area contributed by atoms with Gasteiger partial charge in [-0.1, -0.05) is 5.16 Å². The Labute approximate surface area is 177 Å². The molecule has 8 nitrogen and oxygen atoms in total. The molecule has 2 heterocycles. The van der Waals surface area contributed by atoms with Crippen molar-refractivity contribution >= 4 is 5.97 Å². The molecular weight excluding hydrogens is 386 g/mol. The summed E-state index contributed by atoms with van der Waals surface area (Å²) in [5, 5.41) is 14.3. The van der Waals surface area contributed by atoms with Crippen molar-refractivity contribution in [2.24, 2.45) is 5.92 Å². The van der Waals surface area contributed by atoms with Crippen molar-refractivity contribution in [2.45, 2.75) is 32.0 Å². The zero-order valence-electron chi connectivity index (χ0n) is 17.8. The number of rotatable bonds is 10. The fraction of sp³-hybridized carbons (Fsp3) is 0.545. The second-order valence-corrected chi connectivity index (χ2v) is 8.16. The van der Waals surface area contributed by atoms with Gasteiger partial charge < -0.3 is 28.9 Å². The number of hydrogen-bond acceptors (Lipinski definition) is 6. The van der Waals surface area contributed by atoms with Gasteiger partial charge in [-0.3, -0.25) is 4.79 Å². The highest BCUT2D eigenvalue weighted by Gasteiger charge is 2.29. The third-order valence-electron chi connectivity index (χ3n) is 5.60. The van der Waals surface area contributed by atoms with Crippen molar-refractivity contribution in [2.75, 3.05) is 40.4 Å². The fourth-order valence-electron chi connectivity index (χ4n) is 3.97. The van der Waals surface area contributed by atoms with Gasteiger partial charge in [-0.15, -0.1) is 0 Å². The van der Waals surface area contributed by atoms with Crippen molar-refractivity contribution in [3.8, 4) is 5.75 Å². The summed E-state index contributed by atoms with van der Waals surface area (Å²) in [6, 6.07) is 9.88. The maximum atomic E-state index is 11.6. The Balaban J connectivity index is 1.36. The first-order valence-corrected chi connectivity index (χ1v) is 10.5. The van der Waals surface area contributed by atoms with Crippen LogP contribution in [0.5, 0.6) is 5.75 Å². The molecule has 8 heteroatoms. The molecule has 0 spiro atoms. The van der Waals surface area contributed by atoms with Crippen molar-refractivity contribution in [1.29, 1.82) is 0 Å². The molecule has 2 aromatic rings. The summed E-state index contributed by atoms with van der Waals surface area (Å²) < 4.78 is 15.5. The first kappa shape index (κ1) is 22.3. The maximum absolute atomic E-state index is 11.6. The number of aliphatic hydroxyl groups is 1. The largest absolute Gasteiger partial charge is 0.491 e. The van der Waals surface area contributed by atoms with Crippen LogP contribution in [-0.4, -0.2) is 62.7 Å². The zero-order valence-corrected chi connectivity index (χ0v) is 17.8. The summed E-state index contributed by atoms with van der Waals surface area (Å²) in [4.78, 5) is 14.2. The minimum Gasteiger partial charge on any atom is -0.491 e. The molecule has 2 unspecified atom stereocenters. The van der Waals surface area contributed by atoms with E-state index >= 15 is 0 Å². The molecule has 0 aliphatic carbocycles. The van der Waals surface area contributed by atoms with Gasteiger partial charge in [-0.05, 0) is 24.3 Å². The number of aliphatic hydroxyl groups excluding tert-OH is 1. The number of ether oxygens (including phenoxy) is 2. The summed E-state index contributed by atoms with van der Waals surface area (Å²) in [5.41, 5.74) is 2.15. The molecule has 1 aliphatic heterocycles. The third-order valence-corrected chi connectivity index (χ3v) is 5.60. The zero-order chi connectivity index (χ0) is 21.3. The molecule has 164 valence electrons. The number of hydrogen-bond donors (Lipinski definition) is 3. The van der Waals surface area contributed by atoms with Crippen LogP contribution in [0, 0.1) is 5.92 Å². The Morgan fingerprint density at radius 2 is 2.00 bits per heavy atom. The number of nitrogens with one attached hydrogen (secondary N) is 2. The van der Waals surface area contributed by atoms with Crippen LogP contribution in [0.1, 0.15) is 24.1 Å². The van der Waals surface area contributed by atoms with Crippen LogP contribution in [0.25, 0.3) is 0 Å². The molecule has 1 fully saturated rings. The smallest absolute Gasteiger partial charge is 0.309 e. The molecular formula is C22H33N3O5+2. The number of quaternary nitrogens is 2. The Morgan fingerprint density at radius 1 is 1.27 bits per heavy atom. The number of methoxy groups -OCH3 is 1. The molecule has 0 radical (unpaired) electrons. The Kier molecular flexibility index (Phi) is 8.24. The first-order valence-electron chi connectivity index (χ1n) is 10.5. The van der Waals surface area contributed by atoms with E-state index in [9.17, 15) is 9.90 Å². The number of carbonyl (C=O) groups is 1. The average Bonchev–Trinajstić information content (AvgIpc) is 3.26. The topological polar surface area (TPSA) is 90.7 Å². The lowest BCUT2D eigenvalue weighted by atomic mass is 9.97. The van der Waals surface area contributed by atoms with Crippen molar-refractivity contribution < 1.29 is 33.7 Å². The summed E-state index contributed by atoms with van der Waals surface area (Å²) in [6.07, 6.45) is 2.68. The van der Waals surface area contributed by atoms with Gasteiger partial charge in [0.25, 0.3) is 0 Å². The van der Waals surface area contributed by atoms with Crippen LogP contribution in [0.15, 0.2) is 41.1 Å². The van der Waals surface area contributed by atoms with Crippen molar-refractivity contribution in [3.05, 3.63) is 47.9 Å². The van der Waals surface area contributed by atoms with E-state index < -0.39 is 6.10 Å². The highest BCUT2D eigenvalue weighted by molar-refractivity contribution is 5.72. The lowest BCUT2D eigenvalue weighted by Gasteiger charge is -2.29. The SMILES string of the molecule is COC(=O)C1CC[NH+](CC(O)COc2ccc(C[NH+](C)Cc3ccon3)cc2)CC1. The standard InChI is InChI=1S/C22H31N3O5/c1-24(14-19-9-12-30-23-19)13-17-3-5-21(6-4-17)29-16-20(26)15-25-10-7-18(8-11-25)22(27)28-2/h3-6,9,12,18,20,26H,7-8,10-11,13-16H2,1-2H3/p+2. The monoisotopic (exact) mass is 419 g/mol. The van der Waals surface area contributed by atoms with E-state index in [0.29, 0.717) is 6.54 Å². The second kappa shape index (κ2) is 11.1. The molecule has 3 N–H and O–H groups in total. The molecule has 3 rings (SSSR count). The molecule has 1 aromatic carbocycles. The quantitative estimate of drug-likeness (QED) is 0.433. The van der Waals surface area contributed by atoms with Gasteiger partial charge in [0.1, 0.15) is 50.1 Å². The van der Waals surface area contributed by atoms with E-state index in [-0.39, 0.29) is 18.5 Å². The highest BCUT2D eigenvalue weighted by atomic mass is 16.5. The van der Waals surface area contributed by atoms with Crippen LogP contribution in [0.3, 0.4) is 0 Å². The van der Waals surface area contributed by atoms with Gasteiger partial charge in [0.15, 0.2) is 0 Å². The van der Waals surface area contributed by atoms with Crippen LogP contribution in [0.2, 0.25) is 0 Å². The fourth-order valence-corrected chi connectivity index (χ4v) is 3.97. The summed E-state index contributed by atoms with van der Waals surface area (Å²) in [5.74, 6) is 0.640. The van der Waals surface area contributed by atoms with Gasteiger partial charge in [0.05, 0.1) is 33.2 Å². The van der Waals surface area contributed by atoms with E-state index in [1.807, 2.05) is 18.2 Å². The molecule has 1 aromatic heterocycles. The summed E-state index contributed by atoms with van der Waals surface area (Å²) >= 11 is 0. The molecule has 30 heavy (non-hydrogen) atoms. The van der Waals surface area contributed by atoms with Crippen molar-refractivity contribution in [1.82, 2.24) is 5.16 Å². The second-order valence-electron chi connectivity index (χ2n) is 8.16. The molecule has 0 bridgehead atoms. The van der Waals surface area contributed by atoms with E-state index in [0.717, 1.165) is 50.5 Å². The first-order chi connectivity index (χ1) is 14.5. The highest BCUT2D eigenvalue weighted by Crippen LogP contribution is 2.13. The van der Waals surface area contributed by atoms with E-state index in [1.54, 1.807) is 6.26 Å². The minimum absolute atomic E-state index is 0.00230. The number of carbonyl (C=O) groups excluding carboxylic acids is 1. The van der Waals surface area contributed by atoms with E-state index in [1.165, 1.54) is 22.5 Å². The van der Waals surface area contributed by atoms with Gasteiger partial charge in [0.2, 0.25) is 0 Å². The molecule has 1 saturated heterocycles. The Hall–Kier alpha value is -2.42. The minimum atomic E-state index is -0.535. The number of aromatic nitrogens is 1. The van der Waals surface area contributed by atoms with Gasteiger partial charge in [-0.2, -0.15) is 0 Å². The summed E-state index contributed by atoms with van der Waals surface area (Å²) in [7, 11) is 3.55. The number of likely N-dealkylation sites (tertiary alicyclic amines) is 1. The number of nitrogens with zero attached hydrogens (tertiary/aromatic N) is 1. The Bertz CT molecular complexity index is 758. The lowest BCUT2D eigenvalue weighted by Crippen LogP contribution is -3.14. The Morgan fingerprint density at radius 3 is 2.63 bits per heavy atom. The van der Waals surface area contributed by atoms with Crippen LogP contribution >= 0.6 is 0 Å². The van der Waals surface area contributed by atoms with E-state index in [2.05, 4.69) is 24.3 Å². The van der Waals surface area contributed by atoms with Crippen LogP contribution in [0.4, 0.5) is 0 Å². The number of piperidine rings is 1. The molecule has 1 aliphatic rings. The van der Waals surface area contributed by atoms with Crippen molar-refractivity contribution in [3.63, 3.8) is 0 Å². The van der Waals surface area contributed by atoms with E-state index in [4.69, 9.17) is 14.0 Å². The predicted molar refractivity (Wildman–Crippen MR) is 109 cm³/mol. The predicted octanol–water partition coefficient (Wildman–Crippen LogP) is -0.903. The normalized spacial score (nSPS) is 21.0. The van der Waals surface area contributed by atoms with Crippen LogP contribution < -0.4 is 14.5 Å². The number of esters is 1. The molecule has 0 saturated carbocycles. The maximum Gasteiger partial charge on any atom is 0.309 e. The summed E-state index contributed by atoms with van der Waals surface area (Å²) in [6.45, 7) is 4.31. The van der Waals surface area contributed by atoms with Gasteiger partial charge in [0, 0.05) is 24.5 Å². The van der Waals surface area contributed by atoms with Crippen LogP contribution in [-0.2, 0) is 22.6 Å². The number of benzene rings is 1. The van der Waals surface area contributed by atoms with Gasteiger partial charge in [-0.25, -0.2) is 0 Å². The lowest BCUT2D eigenvalue weighted by molar-refractivity contribution is -0.908. The third kappa shape index (κ3) is 6.83. The molecule has 2 atom stereocenters. The van der Waals surface area contributed by atoms with Gasteiger partial charge >= 0.3 is 5.97 Å². The molecule has 0 amide bonds. The average molecular weight is 420 g/mol.